The minimum atomic E-state index is -0.588. The van der Waals surface area contributed by atoms with Crippen molar-refractivity contribution in [2.45, 2.75) is 64.1 Å². The van der Waals surface area contributed by atoms with Crippen LogP contribution in [0.25, 0.3) is 16.7 Å². The van der Waals surface area contributed by atoms with Crippen molar-refractivity contribution >= 4 is 22.5 Å². The van der Waals surface area contributed by atoms with E-state index in [4.69, 9.17) is 15.2 Å². The topological polar surface area (TPSA) is 92.5 Å². The first-order valence-corrected chi connectivity index (χ1v) is 11.2. The molecule has 32 heavy (non-hydrogen) atoms. The third-order valence-electron chi connectivity index (χ3n) is 7.02. The molecule has 4 aromatic heterocycles. The lowest BCUT2D eigenvalue weighted by molar-refractivity contribution is -0.160. The van der Waals surface area contributed by atoms with Gasteiger partial charge in [0.2, 0.25) is 0 Å². The van der Waals surface area contributed by atoms with Gasteiger partial charge in [0.05, 0.1) is 17.5 Å². The highest BCUT2D eigenvalue weighted by atomic mass is 16.8. The average Bonchev–Trinajstić information content (AvgIpc) is 3.49. The molecule has 166 valence electrons. The highest BCUT2D eigenvalue weighted by Gasteiger charge is 2.54. The molecule has 2 N–H and O–H groups in total. The monoisotopic (exact) mass is 432 g/mol. The summed E-state index contributed by atoms with van der Waals surface area (Å²) in [4.78, 5) is 13.1. The number of pyridine rings is 1. The number of imidazole rings is 1. The Morgan fingerprint density at radius 2 is 1.97 bits per heavy atom. The van der Waals surface area contributed by atoms with E-state index >= 15 is 0 Å². The molecule has 0 aromatic carbocycles. The highest BCUT2D eigenvalue weighted by molar-refractivity contribution is 5.86. The van der Waals surface area contributed by atoms with Crippen LogP contribution < -0.4 is 5.73 Å². The fourth-order valence-electron chi connectivity index (χ4n) is 5.53. The van der Waals surface area contributed by atoms with E-state index in [1.165, 1.54) is 11.9 Å². The fourth-order valence-corrected chi connectivity index (χ4v) is 5.53. The summed E-state index contributed by atoms with van der Waals surface area (Å²) >= 11 is 0. The van der Waals surface area contributed by atoms with E-state index in [2.05, 4.69) is 55.4 Å². The second kappa shape index (κ2) is 7.02. The number of nitrogens with two attached hydrogens (primary N) is 1. The molecule has 2 aliphatic rings. The quantitative estimate of drug-likeness (QED) is 0.529. The van der Waals surface area contributed by atoms with Crippen LogP contribution in [-0.2, 0) is 15.9 Å². The molecule has 5 heterocycles. The summed E-state index contributed by atoms with van der Waals surface area (Å²) in [6.45, 7) is 6.07. The van der Waals surface area contributed by atoms with Crippen LogP contribution in [0.3, 0.4) is 0 Å². The van der Waals surface area contributed by atoms with Crippen LogP contribution in [0.2, 0.25) is 0 Å². The van der Waals surface area contributed by atoms with E-state index in [-0.39, 0.29) is 18.2 Å². The van der Waals surface area contributed by atoms with E-state index in [1.807, 2.05) is 26.1 Å². The van der Waals surface area contributed by atoms with Gasteiger partial charge in [0.15, 0.2) is 5.79 Å². The molecule has 1 saturated carbocycles. The molecule has 0 spiro atoms. The molecule has 6 rings (SSSR count). The summed E-state index contributed by atoms with van der Waals surface area (Å²) in [5, 5.41) is 0.883. The molecule has 0 amide bonds. The summed E-state index contributed by atoms with van der Waals surface area (Å²) < 4.78 is 17.1. The molecular weight excluding hydrogens is 404 g/mol. The number of aryl methyl sites for hydroxylation is 2. The third-order valence-corrected chi connectivity index (χ3v) is 7.02. The number of fused-ring (bicyclic) bond motifs is 3. The van der Waals surface area contributed by atoms with Gasteiger partial charge in [0.25, 0.3) is 0 Å². The first-order valence-electron chi connectivity index (χ1n) is 11.2. The maximum Gasteiger partial charge on any atom is 0.163 e. The molecule has 1 aliphatic carbocycles. The lowest BCUT2D eigenvalue weighted by Crippen LogP contribution is -2.27. The smallest absolute Gasteiger partial charge is 0.163 e. The average molecular weight is 433 g/mol. The highest BCUT2D eigenvalue weighted by Crippen LogP contribution is 2.49. The number of nitrogen functional groups attached to an aromatic ring is 1. The molecule has 1 saturated heterocycles. The van der Waals surface area contributed by atoms with Crippen molar-refractivity contribution < 1.29 is 9.47 Å². The van der Waals surface area contributed by atoms with Crippen LogP contribution in [-0.4, -0.2) is 41.9 Å². The third kappa shape index (κ3) is 3.09. The molecule has 0 radical (unpaired) electrons. The Morgan fingerprint density at radius 1 is 1.12 bits per heavy atom. The van der Waals surface area contributed by atoms with Gasteiger partial charge >= 0.3 is 0 Å². The largest absolute Gasteiger partial charge is 0.383 e. The summed E-state index contributed by atoms with van der Waals surface area (Å²) in [7, 11) is 0. The van der Waals surface area contributed by atoms with Crippen LogP contribution in [0.1, 0.15) is 44.0 Å². The van der Waals surface area contributed by atoms with Crippen LogP contribution in [0.5, 0.6) is 0 Å². The Hall–Kier alpha value is -2.97. The molecule has 0 unspecified atom stereocenters. The Morgan fingerprint density at radius 3 is 2.84 bits per heavy atom. The van der Waals surface area contributed by atoms with Crippen LogP contribution in [0, 0.1) is 12.8 Å². The molecule has 4 atom stereocenters. The van der Waals surface area contributed by atoms with Crippen molar-refractivity contribution in [3.63, 3.8) is 0 Å². The lowest BCUT2D eigenvalue weighted by atomic mass is 9.96. The van der Waals surface area contributed by atoms with E-state index in [9.17, 15) is 0 Å². The maximum absolute atomic E-state index is 6.40. The van der Waals surface area contributed by atoms with Gasteiger partial charge in [-0.3, -0.25) is 0 Å². The number of aromatic nitrogens is 5. The predicted molar refractivity (Wildman–Crippen MR) is 121 cm³/mol. The van der Waals surface area contributed by atoms with E-state index in [0.29, 0.717) is 11.7 Å². The fraction of sp³-hybridized carbons (Fsp3) is 0.458. The van der Waals surface area contributed by atoms with Gasteiger partial charge in [-0.05, 0) is 69.7 Å². The van der Waals surface area contributed by atoms with Crippen molar-refractivity contribution in [1.82, 2.24) is 23.9 Å². The molecule has 2 fully saturated rings. The molecular formula is C24H28N6O2. The summed E-state index contributed by atoms with van der Waals surface area (Å²) in [6.07, 6.45) is 10.6. The normalized spacial score (nSPS) is 26.8. The van der Waals surface area contributed by atoms with Gasteiger partial charge in [-0.2, -0.15) is 0 Å². The Balaban J connectivity index is 1.27. The summed E-state index contributed by atoms with van der Waals surface area (Å²) in [5.41, 5.74) is 10.4. The van der Waals surface area contributed by atoms with Gasteiger partial charge in [0, 0.05) is 24.3 Å². The number of rotatable bonds is 4. The number of nitrogens with zero attached hydrogens (tertiary/aromatic N) is 5. The Kier molecular flexibility index (Phi) is 4.32. The van der Waals surface area contributed by atoms with Crippen molar-refractivity contribution in [3.8, 4) is 0 Å². The number of hydrogen-bond donors (Lipinski definition) is 1. The van der Waals surface area contributed by atoms with Crippen molar-refractivity contribution in [2.24, 2.45) is 5.92 Å². The van der Waals surface area contributed by atoms with Crippen LogP contribution in [0.4, 0.5) is 5.82 Å². The van der Waals surface area contributed by atoms with Gasteiger partial charge in [-0.15, -0.1) is 0 Å². The zero-order chi connectivity index (χ0) is 22.0. The Labute approximate surface area is 186 Å². The standard InChI is InChI=1S/C24H28N6O2/c1-14-12-26-19-10-15(6-8-29(14)19)4-5-16-11-18(21-20(16)31-24(2,3)32-21)30-9-7-17-22(25)27-13-28-23(17)30/h6-10,12-13,16,18,20-21H,4-5,11H2,1-3H3,(H2,25,27,28)/t16-,18+,20+,21-/m0/s1. The van der Waals surface area contributed by atoms with E-state index in [1.54, 1.807) is 0 Å². The molecule has 8 nitrogen and oxygen atoms in total. The predicted octanol–water partition coefficient (Wildman–Crippen LogP) is 3.68. The SMILES string of the molecule is Cc1cnc2cc(CC[C@H]3C[C@@H](n4ccc5c(N)ncnc54)[C@@H]4OC(C)(C)O[C@H]34)ccn12. The first kappa shape index (κ1) is 19.7. The first-order chi connectivity index (χ1) is 15.4. The van der Waals surface area contributed by atoms with Gasteiger partial charge in [-0.1, -0.05) is 0 Å². The van der Waals surface area contributed by atoms with Crippen LogP contribution >= 0.6 is 0 Å². The van der Waals surface area contributed by atoms with Gasteiger partial charge in [0.1, 0.15) is 29.5 Å². The number of ether oxygens (including phenoxy) is 2. The van der Waals surface area contributed by atoms with Gasteiger partial charge in [-0.25, -0.2) is 15.0 Å². The van der Waals surface area contributed by atoms with Crippen molar-refractivity contribution in [2.75, 3.05) is 5.73 Å². The van der Waals surface area contributed by atoms with Crippen LogP contribution in [0.15, 0.2) is 43.1 Å². The number of anilines is 1. The zero-order valence-corrected chi connectivity index (χ0v) is 18.6. The van der Waals surface area contributed by atoms with Crippen molar-refractivity contribution in [3.05, 3.63) is 54.4 Å². The van der Waals surface area contributed by atoms with Gasteiger partial charge < -0.3 is 24.2 Å². The lowest BCUT2D eigenvalue weighted by Gasteiger charge is -2.24. The molecule has 8 heteroatoms. The molecule has 0 bridgehead atoms. The molecule has 1 aliphatic heterocycles. The number of hydrogen-bond acceptors (Lipinski definition) is 6. The van der Waals surface area contributed by atoms with E-state index in [0.717, 1.165) is 41.6 Å². The molecule has 4 aromatic rings. The second-order valence-electron chi connectivity index (χ2n) is 9.55. The maximum atomic E-state index is 6.40. The Bertz CT molecular complexity index is 1310. The minimum absolute atomic E-state index is 0.0146. The zero-order valence-electron chi connectivity index (χ0n) is 18.6. The van der Waals surface area contributed by atoms with E-state index < -0.39 is 5.79 Å². The minimum Gasteiger partial charge on any atom is -0.383 e. The second-order valence-corrected chi connectivity index (χ2v) is 9.55. The van der Waals surface area contributed by atoms with Crippen molar-refractivity contribution in [1.29, 1.82) is 0 Å². The summed E-state index contributed by atoms with van der Waals surface area (Å²) in [5.74, 6) is 0.310. The summed E-state index contributed by atoms with van der Waals surface area (Å²) in [6, 6.07) is 6.53.